The minimum atomic E-state index is -0.420. The van der Waals surface area contributed by atoms with E-state index in [4.69, 9.17) is 10.3 Å². The van der Waals surface area contributed by atoms with Gasteiger partial charge in [0.05, 0.1) is 19.3 Å². The van der Waals surface area contributed by atoms with E-state index in [0.29, 0.717) is 26.1 Å². The van der Waals surface area contributed by atoms with Crippen LogP contribution in [0.25, 0.3) is 10.4 Å². The maximum Gasteiger partial charge on any atom is 0.0717 e. The molecule has 96 valence electrons. The molecule has 0 spiro atoms. The van der Waals surface area contributed by atoms with Gasteiger partial charge in [0, 0.05) is 16.9 Å². The monoisotopic (exact) mass is 247 g/mol. The smallest absolute Gasteiger partial charge is 0.0717 e. The number of nitrogens with zero attached hydrogens (tertiary/aromatic N) is 3. The minimum absolute atomic E-state index is 0.0733. The fourth-order valence-corrected chi connectivity index (χ4v) is 2.32. The summed E-state index contributed by atoms with van der Waals surface area (Å²) in [5, 5.41) is 13.5. The van der Waals surface area contributed by atoms with Gasteiger partial charge in [0.25, 0.3) is 0 Å². The van der Waals surface area contributed by atoms with Crippen molar-refractivity contribution < 1.29 is 9.84 Å². The number of hydrogen-bond acceptors (Lipinski definition) is 3. The summed E-state index contributed by atoms with van der Waals surface area (Å²) in [6.07, 6.45) is 0.833. The van der Waals surface area contributed by atoms with Gasteiger partial charge in [-0.3, -0.25) is 0 Å². The summed E-state index contributed by atoms with van der Waals surface area (Å²) >= 11 is 0. The third-order valence-electron chi connectivity index (χ3n) is 3.29. The molecule has 1 aromatic rings. The van der Waals surface area contributed by atoms with Crippen molar-refractivity contribution in [2.24, 2.45) is 11.0 Å². The van der Waals surface area contributed by atoms with Gasteiger partial charge in [-0.2, -0.15) is 0 Å². The third kappa shape index (κ3) is 3.47. The van der Waals surface area contributed by atoms with E-state index in [0.717, 1.165) is 5.56 Å². The van der Waals surface area contributed by atoms with Crippen molar-refractivity contribution in [3.63, 3.8) is 0 Å². The van der Waals surface area contributed by atoms with E-state index in [1.54, 1.807) is 0 Å². The highest BCUT2D eigenvalue weighted by atomic mass is 16.5. The van der Waals surface area contributed by atoms with Gasteiger partial charge < -0.3 is 9.84 Å². The second-order valence-corrected chi connectivity index (χ2v) is 4.66. The van der Waals surface area contributed by atoms with Crippen molar-refractivity contribution in [2.45, 2.75) is 31.6 Å². The van der Waals surface area contributed by atoms with Crippen molar-refractivity contribution in [3.8, 4) is 0 Å². The zero-order valence-corrected chi connectivity index (χ0v) is 10.1. The zero-order chi connectivity index (χ0) is 12.8. The summed E-state index contributed by atoms with van der Waals surface area (Å²) in [7, 11) is 0. The molecule has 1 aliphatic carbocycles. The van der Waals surface area contributed by atoms with E-state index < -0.39 is 6.10 Å². The lowest BCUT2D eigenvalue weighted by molar-refractivity contribution is 0.0367. The SMILES string of the molecule is [N-]=[N+]=N[C@@H]1C[C@@H](COCc2ccccc2)[C@@H](O)C1. The van der Waals surface area contributed by atoms with E-state index in [2.05, 4.69) is 10.0 Å². The topological polar surface area (TPSA) is 78.2 Å². The molecule has 0 bridgehead atoms. The van der Waals surface area contributed by atoms with E-state index in [1.807, 2.05) is 30.3 Å². The molecule has 1 aromatic carbocycles. The Morgan fingerprint density at radius 1 is 1.33 bits per heavy atom. The Labute approximate surface area is 106 Å². The first-order valence-corrected chi connectivity index (χ1v) is 6.13. The highest BCUT2D eigenvalue weighted by molar-refractivity contribution is 5.13. The predicted octanol–water partition coefficient (Wildman–Crippen LogP) is 2.65. The van der Waals surface area contributed by atoms with Crippen molar-refractivity contribution >= 4 is 0 Å². The molecule has 0 saturated heterocycles. The molecule has 0 heterocycles. The highest BCUT2D eigenvalue weighted by Crippen LogP contribution is 2.29. The van der Waals surface area contributed by atoms with Gasteiger partial charge in [-0.05, 0) is 23.9 Å². The summed E-state index contributed by atoms with van der Waals surface area (Å²) in [6.45, 7) is 1.06. The van der Waals surface area contributed by atoms with Crippen molar-refractivity contribution in [3.05, 3.63) is 46.3 Å². The summed E-state index contributed by atoms with van der Waals surface area (Å²) < 4.78 is 5.61. The number of benzene rings is 1. The van der Waals surface area contributed by atoms with Gasteiger partial charge in [0.1, 0.15) is 0 Å². The standard InChI is InChI=1S/C13H17N3O2/c14-16-15-12-6-11(13(17)7-12)9-18-8-10-4-2-1-3-5-10/h1-5,11-13,17H,6-9H2/t11-,12+,13-/m0/s1. The molecule has 5 nitrogen and oxygen atoms in total. The molecule has 0 radical (unpaired) electrons. The molecule has 18 heavy (non-hydrogen) atoms. The van der Waals surface area contributed by atoms with Gasteiger partial charge in [0.15, 0.2) is 0 Å². The summed E-state index contributed by atoms with van der Waals surface area (Å²) in [5.74, 6) is 0.0733. The van der Waals surface area contributed by atoms with Crippen molar-refractivity contribution in [1.29, 1.82) is 0 Å². The van der Waals surface area contributed by atoms with Crippen LogP contribution in [0.2, 0.25) is 0 Å². The lowest BCUT2D eigenvalue weighted by atomic mass is 10.1. The molecular weight excluding hydrogens is 230 g/mol. The van der Waals surface area contributed by atoms with Crippen LogP contribution in [-0.4, -0.2) is 23.9 Å². The van der Waals surface area contributed by atoms with Crippen LogP contribution >= 0.6 is 0 Å². The van der Waals surface area contributed by atoms with Crippen LogP contribution in [0, 0.1) is 5.92 Å². The first-order valence-electron chi connectivity index (χ1n) is 6.13. The lowest BCUT2D eigenvalue weighted by Crippen LogP contribution is -2.18. The normalized spacial score (nSPS) is 26.8. The van der Waals surface area contributed by atoms with E-state index >= 15 is 0 Å². The van der Waals surface area contributed by atoms with Crippen LogP contribution in [0.15, 0.2) is 35.4 Å². The number of ether oxygens (including phenoxy) is 1. The Morgan fingerprint density at radius 3 is 2.83 bits per heavy atom. The largest absolute Gasteiger partial charge is 0.393 e. The summed E-state index contributed by atoms with van der Waals surface area (Å²) in [5.41, 5.74) is 9.49. The van der Waals surface area contributed by atoms with E-state index in [1.165, 1.54) is 0 Å². The Hall–Kier alpha value is -1.55. The molecule has 0 aliphatic heterocycles. The molecular formula is C13H17N3O2. The third-order valence-corrected chi connectivity index (χ3v) is 3.29. The second kappa shape index (κ2) is 6.40. The van der Waals surface area contributed by atoms with Gasteiger partial charge >= 0.3 is 0 Å². The van der Waals surface area contributed by atoms with Gasteiger partial charge in [-0.25, -0.2) is 0 Å². The lowest BCUT2D eigenvalue weighted by Gasteiger charge is -2.14. The van der Waals surface area contributed by atoms with Crippen molar-refractivity contribution in [2.75, 3.05) is 6.61 Å². The van der Waals surface area contributed by atoms with E-state index in [9.17, 15) is 5.11 Å². The van der Waals surface area contributed by atoms with Crippen LogP contribution < -0.4 is 0 Å². The molecule has 1 saturated carbocycles. The van der Waals surface area contributed by atoms with Gasteiger partial charge in [-0.1, -0.05) is 35.4 Å². The van der Waals surface area contributed by atoms with Crippen LogP contribution in [0.3, 0.4) is 0 Å². The van der Waals surface area contributed by atoms with Crippen LogP contribution in [-0.2, 0) is 11.3 Å². The number of aliphatic hydroxyl groups is 1. The minimum Gasteiger partial charge on any atom is -0.393 e. The molecule has 0 aromatic heterocycles. The number of aliphatic hydroxyl groups excluding tert-OH is 1. The number of azide groups is 1. The predicted molar refractivity (Wildman–Crippen MR) is 67.8 cm³/mol. The molecule has 5 heteroatoms. The summed E-state index contributed by atoms with van der Waals surface area (Å²) in [6, 6.07) is 9.84. The maximum absolute atomic E-state index is 9.82. The Balaban J connectivity index is 1.75. The summed E-state index contributed by atoms with van der Waals surface area (Å²) in [4.78, 5) is 2.79. The van der Waals surface area contributed by atoms with Crippen LogP contribution in [0.1, 0.15) is 18.4 Å². The molecule has 0 amide bonds. The highest BCUT2D eigenvalue weighted by Gasteiger charge is 2.32. The number of rotatable bonds is 5. The zero-order valence-electron chi connectivity index (χ0n) is 10.1. The van der Waals surface area contributed by atoms with Crippen LogP contribution in [0.5, 0.6) is 0 Å². The quantitative estimate of drug-likeness (QED) is 0.493. The molecule has 1 fully saturated rings. The Kier molecular flexibility index (Phi) is 4.59. The van der Waals surface area contributed by atoms with Crippen molar-refractivity contribution in [1.82, 2.24) is 0 Å². The van der Waals surface area contributed by atoms with Gasteiger partial charge in [0.2, 0.25) is 0 Å². The Morgan fingerprint density at radius 2 is 2.11 bits per heavy atom. The van der Waals surface area contributed by atoms with E-state index in [-0.39, 0.29) is 12.0 Å². The fraction of sp³-hybridized carbons (Fsp3) is 0.538. The maximum atomic E-state index is 9.82. The molecule has 1 aliphatic rings. The molecule has 1 N–H and O–H groups in total. The first kappa shape index (κ1) is 12.9. The number of hydrogen-bond donors (Lipinski definition) is 1. The van der Waals surface area contributed by atoms with Crippen LogP contribution in [0.4, 0.5) is 0 Å². The van der Waals surface area contributed by atoms with Gasteiger partial charge in [-0.15, -0.1) is 0 Å². The fourth-order valence-electron chi connectivity index (χ4n) is 2.32. The molecule has 2 rings (SSSR count). The molecule has 3 atom stereocenters. The first-order chi connectivity index (χ1) is 8.79. The molecule has 0 unspecified atom stereocenters. The second-order valence-electron chi connectivity index (χ2n) is 4.66. The Bertz CT molecular complexity index is 418. The average Bonchev–Trinajstić information content (AvgIpc) is 2.72. The average molecular weight is 247 g/mol.